The second kappa shape index (κ2) is 4.94. The maximum Gasteiger partial charge on any atom is 0.129 e. The number of phenols is 1. The zero-order valence-corrected chi connectivity index (χ0v) is 14.0. The maximum atomic E-state index is 10.1. The molecule has 1 aromatic carbocycles. The highest BCUT2D eigenvalue weighted by atomic mass is 32.2. The molecule has 2 fully saturated rings. The van der Waals surface area contributed by atoms with E-state index in [1.165, 1.54) is 50.5 Å². The Morgan fingerprint density at radius 2 is 2.05 bits per heavy atom. The molecular weight excluding hydrogens is 276 g/mol. The molecule has 1 aromatic rings. The van der Waals surface area contributed by atoms with Crippen molar-refractivity contribution in [3.8, 4) is 5.75 Å². The van der Waals surface area contributed by atoms with E-state index in [-0.39, 0.29) is 0 Å². The van der Waals surface area contributed by atoms with Gasteiger partial charge < -0.3 is 5.11 Å². The summed E-state index contributed by atoms with van der Waals surface area (Å²) in [6.45, 7) is 2.56. The number of hydrogen-bond donors (Lipinski definition) is 1. The van der Waals surface area contributed by atoms with E-state index in [1.807, 2.05) is 0 Å². The molecule has 4 atom stereocenters. The Morgan fingerprint density at radius 1 is 1.19 bits per heavy atom. The van der Waals surface area contributed by atoms with E-state index in [0.717, 1.165) is 22.6 Å². The molecule has 21 heavy (non-hydrogen) atoms. The van der Waals surface area contributed by atoms with Crippen LogP contribution in [-0.2, 0) is 6.42 Å². The van der Waals surface area contributed by atoms with Gasteiger partial charge in [-0.2, -0.15) is 0 Å². The molecule has 0 spiro atoms. The van der Waals surface area contributed by atoms with E-state index in [1.54, 1.807) is 17.3 Å². The van der Waals surface area contributed by atoms with Gasteiger partial charge in [0.25, 0.3) is 0 Å². The van der Waals surface area contributed by atoms with Crippen LogP contribution in [0.4, 0.5) is 0 Å². The molecule has 4 rings (SSSR count). The van der Waals surface area contributed by atoms with Crippen molar-refractivity contribution in [2.45, 2.75) is 62.7 Å². The molecule has 0 aliphatic heterocycles. The Labute approximate surface area is 132 Å². The third-order valence-electron chi connectivity index (χ3n) is 6.81. The van der Waals surface area contributed by atoms with Gasteiger partial charge in [-0.15, -0.1) is 11.8 Å². The van der Waals surface area contributed by atoms with Gasteiger partial charge in [0.15, 0.2) is 0 Å². The topological polar surface area (TPSA) is 20.2 Å². The average Bonchev–Trinajstić information content (AvgIpc) is 2.88. The van der Waals surface area contributed by atoms with Crippen LogP contribution in [0.3, 0.4) is 0 Å². The average molecular weight is 302 g/mol. The van der Waals surface area contributed by atoms with E-state index in [2.05, 4.69) is 25.3 Å². The first-order chi connectivity index (χ1) is 10.1. The van der Waals surface area contributed by atoms with Crippen LogP contribution in [0, 0.1) is 17.3 Å². The number of fused-ring (bicyclic) bond motifs is 5. The largest absolute Gasteiger partial charge is 0.507 e. The van der Waals surface area contributed by atoms with E-state index in [9.17, 15) is 5.11 Å². The predicted molar refractivity (Wildman–Crippen MR) is 89.1 cm³/mol. The fraction of sp³-hybridized carbons (Fsp3) is 0.684. The first-order valence-electron chi connectivity index (χ1n) is 8.52. The summed E-state index contributed by atoms with van der Waals surface area (Å²) in [7, 11) is 0. The van der Waals surface area contributed by atoms with Crippen LogP contribution in [0.15, 0.2) is 17.0 Å². The summed E-state index contributed by atoms with van der Waals surface area (Å²) in [5, 5.41) is 10.1. The lowest BCUT2D eigenvalue weighted by atomic mass is 9.56. The van der Waals surface area contributed by atoms with Gasteiger partial charge in [-0.25, -0.2) is 0 Å². The first-order valence-corrected chi connectivity index (χ1v) is 9.74. The van der Waals surface area contributed by atoms with Gasteiger partial charge in [-0.1, -0.05) is 13.3 Å². The molecule has 0 aromatic heterocycles. The Balaban J connectivity index is 1.73. The summed E-state index contributed by atoms with van der Waals surface area (Å²) in [5.74, 6) is 3.10. The van der Waals surface area contributed by atoms with Crippen molar-refractivity contribution in [2.75, 3.05) is 6.26 Å². The van der Waals surface area contributed by atoms with Crippen LogP contribution in [0.1, 0.15) is 62.5 Å². The van der Waals surface area contributed by atoms with Gasteiger partial charge >= 0.3 is 0 Å². The Hall–Kier alpha value is -0.630. The van der Waals surface area contributed by atoms with Crippen LogP contribution < -0.4 is 0 Å². The molecular formula is C19H26OS. The molecule has 2 saturated carbocycles. The monoisotopic (exact) mass is 302 g/mol. The van der Waals surface area contributed by atoms with Gasteiger partial charge in [0.1, 0.15) is 5.75 Å². The number of phenolic OH excluding ortho intramolecular Hbond substituents is 1. The number of rotatable bonds is 1. The molecule has 0 radical (unpaired) electrons. The van der Waals surface area contributed by atoms with Gasteiger partial charge in [-0.3, -0.25) is 0 Å². The predicted octanol–water partition coefficient (Wildman–Crippen LogP) is 5.36. The number of aryl methyl sites for hydroxylation is 1. The Kier molecular flexibility index (Phi) is 3.29. The maximum absolute atomic E-state index is 10.1. The second-order valence-corrected chi connectivity index (χ2v) is 8.57. The van der Waals surface area contributed by atoms with Crippen molar-refractivity contribution in [1.29, 1.82) is 0 Å². The lowest BCUT2D eigenvalue weighted by Gasteiger charge is -2.49. The van der Waals surface area contributed by atoms with Gasteiger partial charge in [0.05, 0.1) is 0 Å². The normalized spacial score (nSPS) is 37.7. The first kappa shape index (κ1) is 14.0. The molecule has 0 unspecified atom stereocenters. The van der Waals surface area contributed by atoms with Crippen molar-refractivity contribution in [3.63, 3.8) is 0 Å². The molecule has 0 heterocycles. The lowest BCUT2D eigenvalue weighted by Crippen LogP contribution is -2.39. The van der Waals surface area contributed by atoms with Gasteiger partial charge in [0.2, 0.25) is 0 Å². The molecule has 0 amide bonds. The van der Waals surface area contributed by atoms with E-state index in [4.69, 9.17) is 0 Å². The van der Waals surface area contributed by atoms with E-state index < -0.39 is 0 Å². The summed E-state index contributed by atoms with van der Waals surface area (Å²) < 4.78 is 0. The van der Waals surface area contributed by atoms with Crippen molar-refractivity contribution in [1.82, 2.24) is 0 Å². The molecule has 2 heteroatoms. The van der Waals surface area contributed by atoms with Crippen molar-refractivity contribution < 1.29 is 5.11 Å². The van der Waals surface area contributed by atoms with Gasteiger partial charge in [0, 0.05) is 4.90 Å². The number of thioether (sulfide) groups is 1. The standard InChI is InChI=1S/C19H26OS/c1-19-8-3-4-16(19)14-6-5-12-10-17(20)18(21-2)11-15(12)13(14)7-9-19/h10-11,13-14,16,20H,3-9H2,1-2H3/t13-,14+,16-,19-/m0/s1. The minimum absolute atomic E-state index is 0.487. The molecule has 1 N–H and O–H groups in total. The minimum atomic E-state index is 0.487. The summed E-state index contributed by atoms with van der Waals surface area (Å²) in [6.07, 6.45) is 11.7. The number of aromatic hydroxyl groups is 1. The van der Waals surface area contributed by atoms with Crippen molar-refractivity contribution >= 4 is 11.8 Å². The summed E-state index contributed by atoms with van der Waals surface area (Å²) >= 11 is 1.68. The SMILES string of the molecule is CSc1cc2c(cc1O)CC[C@@H]1[C@@H]2CC[C@]2(C)CCC[C@@H]12. The Bertz CT molecular complexity index is 567. The zero-order chi connectivity index (χ0) is 14.6. The van der Waals surface area contributed by atoms with Crippen LogP contribution in [-0.4, -0.2) is 11.4 Å². The minimum Gasteiger partial charge on any atom is -0.507 e. The summed E-state index contributed by atoms with van der Waals surface area (Å²) in [6, 6.07) is 4.36. The zero-order valence-electron chi connectivity index (χ0n) is 13.2. The lowest BCUT2D eigenvalue weighted by molar-refractivity contribution is 0.0597. The van der Waals surface area contributed by atoms with Gasteiger partial charge in [-0.05, 0) is 91.2 Å². The molecule has 3 aliphatic carbocycles. The highest BCUT2D eigenvalue weighted by molar-refractivity contribution is 7.98. The third kappa shape index (κ3) is 2.05. The Morgan fingerprint density at radius 3 is 2.86 bits per heavy atom. The highest BCUT2D eigenvalue weighted by Gasteiger charge is 2.50. The van der Waals surface area contributed by atoms with Crippen LogP contribution in [0.25, 0.3) is 0 Å². The van der Waals surface area contributed by atoms with Crippen LogP contribution in [0.5, 0.6) is 5.75 Å². The molecule has 3 aliphatic rings. The molecule has 0 bridgehead atoms. The molecule has 0 saturated heterocycles. The van der Waals surface area contributed by atoms with E-state index in [0.29, 0.717) is 11.2 Å². The van der Waals surface area contributed by atoms with Crippen molar-refractivity contribution in [3.05, 3.63) is 23.3 Å². The second-order valence-electron chi connectivity index (χ2n) is 7.72. The van der Waals surface area contributed by atoms with E-state index >= 15 is 0 Å². The fourth-order valence-corrected chi connectivity index (χ4v) is 6.26. The summed E-state index contributed by atoms with van der Waals surface area (Å²) in [4.78, 5) is 1.06. The fourth-order valence-electron chi connectivity index (χ4n) is 5.74. The molecule has 1 nitrogen and oxygen atoms in total. The number of benzene rings is 1. The van der Waals surface area contributed by atoms with Crippen LogP contribution in [0.2, 0.25) is 0 Å². The smallest absolute Gasteiger partial charge is 0.129 e. The molecule has 114 valence electrons. The highest BCUT2D eigenvalue weighted by Crippen LogP contribution is 2.61. The van der Waals surface area contributed by atoms with Crippen molar-refractivity contribution in [2.24, 2.45) is 17.3 Å². The number of hydrogen-bond acceptors (Lipinski definition) is 2. The third-order valence-corrected chi connectivity index (χ3v) is 7.57. The van der Waals surface area contributed by atoms with Crippen LogP contribution >= 0.6 is 11.8 Å². The summed E-state index contributed by atoms with van der Waals surface area (Å²) in [5.41, 5.74) is 3.63. The quantitative estimate of drug-likeness (QED) is 0.705.